The van der Waals surface area contributed by atoms with Crippen molar-refractivity contribution in [1.82, 2.24) is 5.32 Å². The van der Waals surface area contributed by atoms with E-state index in [9.17, 15) is 9.59 Å². The van der Waals surface area contributed by atoms with Gasteiger partial charge in [-0.1, -0.05) is 23.7 Å². The molecule has 4 bridgehead atoms. The molecule has 0 atom stereocenters. The van der Waals surface area contributed by atoms with Crippen LogP contribution in [-0.2, 0) is 4.79 Å². The molecule has 2 aromatic rings. The van der Waals surface area contributed by atoms with Gasteiger partial charge in [-0.15, -0.1) is 0 Å². The van der Waals surface area contributed by atoms with Gasteiger partial charge in [0.1, 0.15) is 0 Å². The monoisotopic (exact) mass is 481 g/mol. The minimum absolute atomic E-state index is 0.000126. The van der Waals surface area contributed by atoms with Crippen LogP contribution >= 0.6 is 23.8 Å². The average molecular weight is 482 g/mol. The lowest BCUT2D eigenvalue weighted by Gasteiger charge is -2.56. The maximum atomic E-state index is 12.8. The molecule has 2 aromatic carbocycles. The van der Waals surface area contributed by atoms with Gasteiger partial charge in [-0.05, 0) is 110 Å². The van der Waals surface area contributed by atoms with Crippen molar-refractivity contribution in [1.29, 1.82) is 0 Å². The van der Waals surface area contributed by atoms with E-state index in [1.54, 1.807) is 36.4 Å². The van der Waals surface area contributed by atoms with E-state index in [0.29, 0.717) is 28.4 Å². The van der Waals surface area contributed by atoms with E-state index >= 15 is 0 Å². The van der Waals surface area contributed by atoms with Crippen molar-refractivity contribution in [2.24, 2.45) is 23.2 Å². The molecule has 4 aliphatic carbocycles. The van der Waals surface area contributed by atoms with Gasteiger partial charge in [-0.25, -0.2) is 0 Å². The molecule has 2 amide bonds. The molecule has 0 aliphatic heterocycles. The zero-order valence-electron chi connectivity index (χ0n) is 18.4. The van der Waals surface area contributed by atoms with Crippen LogP contribution in [0.1, 0.15) is 55.3 Å². The molecular formula is C26H28ClN3O2S. The van der Waals surface area contributed by atoms with E-state index in [1.807, 2.05) is 12.1 Å². The van der Waals surface area contributed by atoms with Crippen LogP contribution in [0.4, 0.5) is 11.4 Å². The van der Waals surface area contributed by atoms with Crippen molar-refractivity contribution in [2.75, 3.05) is 10.6 Å². The predicted octanol–water partition coefficient (Wildman–Crippen LogP) is 6.01. The van der Waals surface area contributed by atoms with Gasteiger partial charge in [0.2, 0.25) is 5.91 Å². The molecule has 6 rings (SSSR count). The number of thiocarbonyl (C=S) groups is 1. The van der Waals surface area contributed by atoms with E-state index in [1.165, 1.54) is 38.5 Å². The quantitative estimate of drug-likeness (QED) is 0.457. The second kappa shape index (κ2) is 9.07. The molecule has 0 spiro atoms. The van der Waals surface area contributed by atoms with Gasteiger partial charge < -0.3 is 16.0 Å². The molecule has 0 aromatic heterocycles. The lowest BCUT2D eigenvalue weighted by atomic mass is 9.49. The molecule has 4 fully saturated rings. The number of halogens is 1. The molecule has 0 radical (unpaired) electrons. The molecule has 0 unspecified atom stereocenters. The summed E-state index contributed by atoms with van der Waals surface area (Å²) in [6, 6.07) is 14.0. The fourth-order valence-electron chi connectivity index (χ4n) is 6.69. The van der Waals surface area contributed by atoms with Gasteiger partial charge in [0.05, 0.1) is 0 Å². The smallest absolute Gasteiger partial charge is 0.255 e. The summed E-state index contributed by atoms with van der Waals surface area (Å²) < 4.78 is 0. The summed E-state index contributed by atoms with van der Waals surface area (Å²) in [4.78, 5) is 25.3. The molecule has 33 heavy (non-hydrogen) atoms. The molecule has 4 aliphatic rings. The van der Waals surface area contributed by atoms with E-state index in [2.05, 4.69) is 16.0 Å². The fourth-order valence-corrected chi connectivity index (χ4v) is 7.11. The Balaban J connectivity index is 1.16. The largest absolute Gasteiger partial charge is 0.332 e. The summed E-state index contributed by atoms with van der Waals surface area (Å²) in [7, 11) is 0. The van der Waals surface area contributed by atoms with E-state index in [4.69, 9.17) is 23.8 Å². The molecule has 5 nitrogen and oxygen atoms in total. The van der Waals surface area contributed by atoms with Crippen molar-refractivity contribution >= 4 is 52.1 Å². The van der Waals surface area contributed by atoms with Gasteiger partial charge in [-0.3, -0.25) is 9.59 Å². The third-order valence-corrected chi connectivity index (χ3v) is 7.86. The number of amides is 2. The second-order valence-corrected chi connectivity index (χ2v) is 11.0. The van der Waals surface area contributed by atoms with Crippen molar-refractivity contribution in [3.63, 3.8) is 0 Å². The van der Waals surface area contributed by atoms with Crippen LogP contribution in [0, 0.1) is 23.2 Å². The van der Waals surface area contributed by atoms with Gasteiger partial charge in [-0.2, -0.15) is 0 Å². The number of carbonyl (C=O) groups is 2. The van der Waals surface area contributed by atoms with E-state index in [0.717, 1.165) is 17.8 Å². The first-order valence-electron chi connectivity index (χ1n) is 11.6. The van der Waals surface area contributed by atoms with Gasteiger partial charge in [0, 0.05) is 28.4 Å². The van der Waals surface area contributed by atoms with Crippen LogP contribution < -0.4 is 16.0 Å². The van der Waals surface area contributed by atoms with Crippen LogP contribution in [0.25, 0.3) is 0 Å². The van der Waals surface area contributed by atoms with Crippen molar-refractivity contribution < 1.29 is 9.59 Å². The maximum Gasteiger partial charge on any atom is 0.255 e. The Morgan fingerprint density at radius 1 is 0.909 bits per heavy atom. The van der Waals surface area contributed by atoms with Gasteiger partial charge >= 0.3 is 0 Å². The minimum atomic E-state index is -0.249. The van der Waals surface area contributed by atoms with Crippen molar-refractivity contribution in [3.8, 4) is 0 Å². The first kappa shape index (κ1) is 22.4. The molecule has 0 saturated heterocycles. The average Bonchev–Trinajstić information content (AvgIpc) is 2.72. The van der Waals surface area contributed by atoms with Crippen LogP contribution in [0.3, 0.4) is 0 Å². The van der Waals surface area contributed by atoms with Gasteiger partial charge in [0.15, 0.2) is 5.11 Å². The highest BCUT2D eigenvalue weighted by molar-refractivity contribution is 7.80. The Morgan fingerprint density at radius 2 is 1.52 bits per heavy atom. The zero-order chi connectivity index (χ0) is 23.0. The zero-order valence-corrected chi connectivity index (χ0v) is 20.0. The normalized spacial score (nSPS) is 27.1. The highest BCUT2D eigenvalue weighted by Gasteiger charge is 2.51. The summed E-state index contributed by atoms with van der Waals surface area (Å²) in [5.41, 5.74) is 1.97. The topological polar surface area (TPSA) is 70.2 Å². The Morgan fingerprint density at radius 3 is 2.15 bits per heavy atom. The van der Waals surface area contributed by atoms with Crippen LogP contribution in [0.5, 0.6) is 0 Å². The molecular weight excluding hydrogens is 454 g/mol. The van der Waals surface area contributed by atoms with Crippen LogP contribution in [-0.4, -0.2) is 16.9 Å². The number of rotatable bonds is 5. The van der Waals surface area contributed by atoms with Gasteiger partial charge in [0.25, 0.3) is 5.91 Å². The third-order valence-electron chi connectivity index (χ3n) is 7.42. The number of nitrogens with one attached hydrogen (secondary N) is 3. The first-order valence-corrected chi connectivity index (χ1v) is 12.4. The Hall–Kier alpha value is -2.44. The molecule has 172 valence electrons. The summed E-state index contributed by atoms with van der Waals surface area (Å²) in [5.74, 6) is 2.21. The van der Waals surface area contributed by atoms with Crippen LogP contribution in [0.2, 0.25) is 5.02 Å². The highest BCUT2D eigenvalue weighted by atomic mass is 35.5. The lowest BCUT2D eigenvalue weighted by molar-refractivity contribution is -0.127. The molecule has 4 saturated carbocycles. The first-order chi connectivity index (χ1) is 15.9. The Labute approximate surface area is 204 Å². The summed E-state index contributed by atoms with van der Waals surface area (Å²) in [6.07, 6.45) is 8.25. The lowest BCUT2D eigenvalue weighted by Crippen LogP contribution is -2.48. The number of benzene rings is 2. The predicted molar refractivity (Wildman–Crippen MR) is 135 cm³/mol. The van der Waals surface area contributed by atoms with Crippen molar-refractivity contribution in [3.05, 3.63) is 59.1 Å². The van der Waals surface area contributed by atoms with Crippen LogP contribution in [0.15, 0.2) is 48.5 Å². The maximum absolute atomic E-state index is 12.8. The van der Waals surface area contributed by atoms with E-state index in [-0.39, 0.29) is 22.3 Å². The summed E-state index contributed by atoms with van der Waals surface area (Å²) >= 11 is 11.4. The summed E-state index contributed by atoms with van der Waals surface area (Å²) in [6.45, 7) is 0. The molecule has 0 heterocycles. The van der Waals surface area contributed by atoms with E-state index < -0.39 is 0 Å². The number of hydrogen-bond acceptors (Lipinski definition) is 3. The molecule has 7 heteroatoms. The standard InChI is InChI=1S/C26H28ClN3O2S/c27-20-4-1-3-19(10-20)24(32)28-21-5-2-6-22(11-21)29-25(33)30-23(31)15-26-12-16-7-17(13-26)9-18(8-16)14-26/h1-6,10-11,16-18H,7-9,12-15H2,(H,28,32)(H2,29,30,31,33). The summed E-state index contributed by atoms with van der Waals surface area (Å²) in [5, 5.41) is 9.59. The Bertz CT molecular complexity index is 1070. The minimum Gasteiger partial charge on any atom is -0.332 e. The SMILES string of the molecule is O=C(CC12CC3CC(CC(C3)C1)C2)NC(=S)Nc1cccc(NC(=O)c2cccc(Cl)c2)c1. The number of hydrogen-bond donors (Lipinski definition) is 3. The number of carbonyl (C=O) groups excluding carboxylic acids is 2. The number of anilines is 2. The molecule has 3 N–H and O–H groups in total. The second-order valence-electron chi connectivity index (χ2n) is 10.1. The third kappa shape index (κ3) is 5.22. The highest BCUT2D eigenvalue weighted by Crippen LogP contribution is 2.61. The Kier molecular flexibility index (Phi) is 6.14. The van der Waals surface area contributed by atoms with Crippen molar-refractivity contribution in [2.45, 2.75) is 44.9 Å². The fraction of sp³-hybridized carbons (Fsp3) is 0.423.